The van der Waals surface area contributed by atoms with Crippen molar-refractivity contribution in [3.05, 3.63) is 40.7 Å². The summed E-state index contributed by atoms with van der Waals surface area (Å²) in [7, 11) is 0. The zero-order valence-corrected chi connectivity index (χ0v) is 13.7. The van der Waals surface area contributed by atoms with Crippen molar-refractivity contribution < 1.29 is 40.3 Å². The van der Waals surface area contributed by atoms with Gasteiger partial charge in [0.1, 0.15) is 23.7 Å². The summed E-state index contributed by atoms with van der Waals surface area (Å²) in [5.74, 6) is -1.48. The average molecular weight is 420 g/mol. The quantitative estimate of drug-likeness (QED) is 0.674. The molecular formula is C14H9ClF7N3O2. The molecule has 1 heterocycles. The molecular weight excluding hydrogens is 411 g/mol. The summed E-state index contributed by atoms with van der Waals surface area (Å²) in [5.41, 5.74) is -2.12. The topological polar surface area (TPSA) is 56.2 Å². The molecule has 1 aromatic carbocycles. The lowest BCUT2D eigenvalue weighted by Gasteiger charge is -2.10. The van der Waals surface area contributed by atoms with Gasteiger partial charge in [0.2, 0.25) is 5.91 Å². The molecule has 0 aliphatic carbocycles. The third kappa shape index (κ3) is 5.49. The standard InChI is InChI=1S/C14H9ClF7N3O2/c15-9-10(12(16)17)24-25(11(9)13(18)19)5-8(26)23-6-1-3-7(4-2-6)27-14(20,21)22/h1-4,12-13H,5H2,(H,23,26). The van der Waals surface area contributed by atoms with Crippen molar-refractivity contribution in [1.82, 2.24) is 9.78 Å². The lowest BCUT2D eigenvalue weighted by Crippen LogP contribution is -2.21. The molecule has 1 aromatic heterocycles. The average Bonchev–Trinajstić information content (AvgIpc) is 2.84. The molecule has 27 heavy (non-hydrogen) atoms. The molecule has 0 unspecified atom stereocenters. The largest absolute Gasteiger partial charge is 0.573 e. The maximum absolute atomic E-state index is 13.0. The molecule has 2 aromatic rings. The predicted molar refractivity (Wildman–Crippen MR) is 78.9 cm³/mol. The Bertz CT molecular complexity index is 806. The van der Waals surface area contributed by atoms with Gasteiger partial charge in [0.15, 0.2) is 0 Å². The van der Waals surface area contributed by atoms with Crippen LogP contribution in [-0.2, 0) is 11.3 Å². The molecule has 0 fully saturated rings. The van der Waals surface area contributed by atoms with E-state index in [9.17, 15) is 35.5 Å². The van der Waals surface area contributed by atoms with Crippen molar-refractivity contribution >= 4 is 23.2 Å². The minimum atomic E-state index is -4.89. The molecule has 0 aliphatic heterocycles. The molecule has 148 valence electrons. The minimum absolute atomic E-state index is 0.0143. The molecule has 0 atom stereocenters. The highest BCUT2D eigenvalue weighted by Crippen LogP contribution is 2.34. The third-order valence-corrected chi connectivity index (χ3v) is 3.42. The van der Waals surface area contributed by atoms with E-state index >= 15 is 0 Å². The van der Waals surface area contributed by atoms with Gasteiger partial charge in [-0.05, 0) is 24.3 Å². The fraction of sp³-hybridized carbons (Fsp3) is 0.286. The molecule has 0 spiro atoms. The Labute approximate surface area is 151 Å². The predicted octanol–water partition coefficient (Wildman–Crippen LogP) is 4.95. The van der Waals surface area contributed by atoms with Crippen LogP contribution in [-0.4, -0.2) is 22.1 Å². The van der Waals surface area contributed by atoms with Gasteiger partial charge in [-0.3, -0.25) is 9.48 Å². The second-order valence-corrected chi connectivity index (χ2v) is 5.34. The van der Waals surface area contributed by atoms with Crippen molar-refractivity contribution in [2.75, 3.05) is 5.32 Å². The Morgan fingerprint density at radius 2 is 1.74 bits per heavy atom. The van der Waals surface area contributed by atoms with E-state index in [-0.39, 0.29) is 5.69 Å². The molecule has 1 amide bonds. The van der Waals surface area contributed by atoms with Gasteiger partial charge in [0.05, 0.1) is 5.02 Å². The first-order valence-corrected chi connectivity index (χ1v) is 7.33. The van der Waals surface area contributed by atoms with Crippen LogP contribution in [0.1, 0.15) is 24.2 Å². The highest BCUT2D eigenvalue weighted by atomic mass is 35.5. The Hall–Kier alpha value is -2.50. The van der Waals surface area contributed by atoms with Crippen molar-refractivity contribution in [1.29, 1.82) is 0 Å². The number of ether oxygens (including phenoxy) is 1. The van der Waals surface area contributed by atoms with Gasteiger partial charge in [-0.1, -0.05) is 11.6 Å². The van der Waals surface area contributed by atoms with Crippen molar-refractivity contribution in [2.45, 2.75) is 25.8 Å². The zero-order chi connectivity index (χ0) is 20.4. The van der Waals surface area contributed by atoms with Crippen molar-refractivity contribution in [3.63, 3.8) is 0 Å². The number of hydrogen-bond acceptors (Lipinski definition) is 3. The van der Waals surface area contributed by atoms with Crippen molar-refractivity contribution in [3.8, 4) is 5.75 Å². The summed E-state index contributed by atoms with van der Waals surface area (Å²) in [5, 5.41) is 4.46. The number of halogens is 8. The van der Waals surface area contributed by atoms with Gasteiger partial charge in [-0.25, -0.2) is 17.6 Å². The van der Waals surface area contributed by atoms with Crippen LogP contribution >= 0.6 is 11.6 Å². The number of amides is 1. The number of nitrogens with zero attached hydrogens (tertiary/aromatic N) is 2. The molecule has 5 nitrogen and oxygen atoms in total. The van der Waals surface area contributed by atoms with E-state index in [1.807, 2.05) is 0 Å². The lowest BCUT2D eigenvalue weighted by molar-refractivity contribution is -0.274. The number of rotatable bonds is 6. The number of aromatic nitrogens is 2. The first-order chi connectivity index (χ1) is 12.5. The Balaban J connectivity index is 2.11. The maximum Gasteiger partial charge on any atom is 0.573 e. The minimum Gasteiger partial charge on any atom is -0.406 e. The number of hydrogen-bond donors (Lipinski definition) is 1. The number of carbonyl (C=O) groups is 1. The SMILES string of the molecule is O=C(Cn1nc(C(F)F)c(Cl)c1C(F)F)Nc1ccc(OC(F)(F)F)cc1. The van der Waals surface area contributed by atoms with Gasteiger partial charge in [-0.2, -0.15) is 5.10 Å². The normalized spacial score (nSPS) is 11.9. The van der Waals surface area contributed by atoms with E-state index in [2.05, 4.69) is 15.2 Å². The van der Waals surface area contributed by atoms with E-state index in [1.54, 1.807) is 0 Å². The van der Waals surface area contributed by atoms with E-state index in [0.717, 1.165) is 24.3 Å². The second kappa shape index (κ2) is 8.03. The van der Waals surface area contributed by atoms with Crippen LogP contribution in [0.25, 0.3) is 0 Å². The van der Waals surface area contributed by atoms with Gasteiger partial charge in [-0.15, -0.1) is 13.2 Å². The van der Waals surface area contributed by atoms with Crippen molar-refractivity contribution in [2.24, 2.45) is 0 Å². The highest BCUT2D eigenvalue weighted by molar-refractivity contribution is 6.32. The summed E-state index contributed by atoms with van der Waals surface area (Å²) in [6.07, 6.45) is -11.4. The number of carbonyl (C=O) groups excluding carboxylic acids is 1. The first kappa shape index (κ1) is 20.8. The molecule has 1 N–H and O–H groups in total. The monoisotopic (exact) mass is 419 g/mol. The van der Waals surface area contributed by atoms with Gasteiger partial charge in [0.25, 0.3) is 12.9 Å². The van der Waals surface area contributed by atoms with E-state index in [4.69, 9.17) is 11.6 Å². The molecule has 0 aliphatic rings. The summed E-state index contributed by atoms with van der Waals surface area (Å²) in [4.78, 5) is 11.9. The van der Waals surface area contributed by atoms with Crippen LogP contribution in [0.2, 0.25) is 5.02 Å². The fourth-order valence-electron chi connectivity index (χ4n) is 2.02. The Morgan fingerprint density at radius 3 is 2.22 bits per heavy atom. The smallest absolute Gasteiger partial charge is 0.406 e. The van der Waals surface area contributed by atoms with Crippen LogP contribution in [0.4, 0.5) is 36.4 Å². The fourth-order valence-corrected chi connectivity index (χ4v) is 2.32. The zero-order valence-electron chi connectivity index (χ0n) is 12.9. The number of alkyl halides is 7. The summed E-state index contributed by atoms with van der Waals surface area (Å²) < 4.78 is 91.6. The summed E-state index contributed by atoms with van der Waals surface area (Å²) in [6.45, 7) is -0.868. The van der Waals surface area contributed by atoms with E-state index in [0.29, 0.717) is 4.68 Å². The van der Waals surface area contributed by atoms with E-state index < -0.39 is 53.8 Å². The summed E-state index contributed by atoms with van der Waals surface area (Å²) in [6, 6.07) is 3.95. The first-order valence-electron chi connectivity index (χ1n) is 6.96. The van der Waals surface area contributed by atoms with Crippen LogP contribution < -0.4 is 10.1 Å². The molecule has 0 bridgehead atoms. The molecule has 13 heteroatoms. The Kier molecular flexibility index (Phi) is 6.19. The van der Waals surface area contributed by atoms with Crippen LogP contribution in [0.3, 0.4) is 0 Å². The maximum atomic E-state index is 13.0. The Morgan fingerprint density at radius 1 is 1.15 bits per heavy atom. The number of anilines is 1. The number of nitrogens with one attached hydrogen (secondary N) is 1. The van der Waals surface area contributed by atoms with Crippen LogP contribution in [0.15, 0.2) is 24.3 Å². The van der Waals surface area contributed by atoms with Crippen LogP contribution in [0, 0.1) is 0 Å². The van der Waals surface area contributed by atoms with Gasteiger partial charge >= 0.3 is 6.36 Å². The van der Waals surface area contributed by atoms with Gasteiger partial charge < -0.3 is 10.1 Å². The second-order valence-electron chi connectivity index (χ2n) is 4.96. The molecule has 0 saturated carbocycles. The summed E-state index contributed by atoms with van der Waals surface area (Å²) >= 11 is 5.45. The number of benzene rings is 1. The molecule has 0 saturated heterocycles. The highest BCUT2D eigenvalue weighted by Gasteiger charge is 2.31. The third-order valence-electron chi connectivity index (χ3n) is 3.03. The molecule has 2 rings (SSSR count). The van der Waals surface area contributed by atoms with E-state index in [1.165, 1.54) is 0 Å². The lowest BCUT2D eigenvalue weighted by atomic mass is 10.3. The van der Waals surface area contributed by atoms with Crippen LogP contribution in [0.5, 0.6) is 5.75 Å². The molecule has 0 radical (unpaired) electrons. The van der Waals surface area contributed by atoms with Gasteiger partial charge in [0, 0.05) is 5.69 Å².